The number of aromatic nitrogens is 1. The Labute approximate surface area is 84.6 Å². The summed E-state index contributed by atoms with van der Waals surface area (Å²) in [7, 11) is 0. The van der Waals surface area contributed by atoms with Crippen molar-refractivity contribution in [3.05, 3.63) is 30.1 Å². The molecule has 1 aromatic heterocycles. The van der Waals surface area contributed by atoms with Crippen LogP contribution in [0.25, 0.3) is 5.70 Å². The number of ether oxygens (including phenoxy) is 1. The van der Waals surface area contributed by atoms with Crippen molar-refractivity contribution in [2.75, 3.05) is 0 Å². The van der Waals surface area contributed by atoms with E-state index in [4.69, 9.17) is 10.5 Å². The van der Waals surface area contributed by atoms with Crippen molar-refractivity contribution >= 4 is 5.70 Å². The van der Waals surface area contributed by atoms with Gasteiger partial charge < -0.3 is 10.5 Å². The van der Waals surface area contributed by atoms with Crippen molar-refractivity contribution in [1.82, 2.24) is 4.98 Å². The fourth-order valence-corrected chi connectivity index (χ4v) is 1.13. The molecule has 0 radical (unpaired) electrons. The van der Waals surface area contributed by atoms with Crippen LogP contribution < -0.4 is 10.5 Å². The second kappa shape index (κ2) is 4.13. The van der Waals surface area contributed by atoms with Gasteiger partial charge in [0.15, 0.2) is 0 Å². The number of nitrogens with zero attached hydrogens (tertiary/aromatic N) is 1. The van der Waals surface area contributed by atoms with E-state index in [1.165, 1.54) is 0 Å². The van der Waals surface area contributed by atoms with Crippen molar-refractivity contribution in [3.8, 4) is 5.75 Å². The van der Waals surface area contributed by atoms with Gasteiger partial charge in [0.1, 0.15) is 5.75 Å². The molecule has 0 unspecified atom stereocenters. The third kappa shape index (κ3) is 2.49. The minimum atomic E-state index is 0.120. The fraction of sp³-hybridized carbons (Fsp3) is 0.364. The Bertz CT molecular complexity index is 345. The van der Waals surface area contributed by atoms with E-state index in [1.54, 1.807) is 6.20 Å². The molecule has 0 fully saturated rings. The largest absolute Gasteiger partial charge is 0.490 e. The maximum atomic E-state index is 5.63. The lowest BCUT2D eigenvalue weighted by Gasteiger charge is -2.14. The van der Waals surface area contributed by atoms with Crippen molar-refractivity contribution in [1.29, 1.82) is 0 Å². The van der Waals surface area contributed by atoms with Gasteiger partial charge in [-0.25, -0.2) is 0 Å². The van der Waals surface area contributed by atoms with Crippen LogP contribution >= 0.6 is 0 Å². The van der Waals surface area contributed by atoms with E-state index in [0.29, 0.717) is 5.70 Å². The van der Waals surface area contributed by atoms with E-state index in [1.807, 2.05) is 26.8 Å². The van der Waals surface area contributed by atoms with Gasteiger partial charge >= 0.3 is 0 Å². The van der Waals surface area contributed by atoms with Gasteiger partial charge in [0.05, 0.1) is 11.7 Å². The number of rotatable bonds is 3. The number of aryl methyl sites for hydroxylation is 1. The third-order valence-corrected chi connectivity index (χ3v) is 1.71. The Hall–Kier alpha value is -1.51. The molecule has 0 saturated carbocycles. The van der Waals surface area contributed by atoms with E-state index in [-0.39, 0.29) is 6.10 Å². The molecule has 0 bridgehead atoms. The van der Waals surface area contributed by atoms with E-state index >= 15 is 0 Å². The SMILES string of the molecule is C=C(N)c1cnc(C)cc1OC(C)C. The molecule has 3 heteroatoms. The zero-order valence-electron chi connectivity index (χ0n) is 8.87. The van der Waals surface area contributed by atoms with Crippen LogP contribution in [0, 0.1) is 6.92 Å². The molecule has 0 amide bonds. The van der Waals surface area contributed by atoms with Gasteiger partial charge in [0, 0.05) is 23.7 Å². The second-order valence-corrected chi connectivity index (χ2v) is 3.51. The predicted molar refractivity (Wildman–Crippen MR) is 58.0 cm³/mol. The van der Waals surface area contributed by atoms with Gasteiger partial charge in [0.2, 0.25) is 0 Å². The van der Waals surface area contributed by atoms with Crippen molar-refractivity contribution in [2.45, 2.75) is 26.9 Å². The molecule has 0 aromatic carbocycles. The molecule has 0 saturated heterocycles. The summed E-state index contributed by atoms with van der Waals surface area (Å²) < 4.78 is 5.61. The molecule has 1 rings (SSSR count). The first kappa shape index (κ1) is 10.6. The van der Waals surface area contributed by atoms with Gasteiger partial charge in [-0.05, 0) is 20.8 Å². The Morgan fingerprint density at radius 1 is 1.57 bits per heavy atom. The zero-order valence-corrected chi connectivity index (χ0v) is 8.87. The maximum absolute atomic E-state index is 5.63. The van der Waals surface area contributed by atoms with Crippen LogP contribution in [0.2, 0.25) is 0 Å². The fourth-order valence-electron chi connectivity index (χ4n) is 1.13. The van der Waals surface area contributed by atoms with Crippen molar-refractivity contribution in [3.63, 3.8) is 0 Å². The molecule has 1 heterocycles. The molecular formula is C11H16N2O. The molecule has 0 aliphatic carbocycles. The molecule has 76 valence electrons. The first-order chi connectivity index (χ1) is 6.50. The quantitative estimate of drug-likeness (QED) is 0.797. The highest BCUT2D eigenvalue weighted by Gasteiger charge is 2.07. The van der Waals surface area contributed by atoms with Gasteiger partial charge in [-0.15, -0.1) is 0 Å². The number of nitrogens with two attached hydrogens (primary N) is 1. The summed E-state index contributed by atoms with van der Waals surface area (Å²) in [6.07, 6.45) is 1.81. The van der Waals surface area contributed by atoms with E-state index in [0.717, 1.165) is 17.0 Å². The van der Waals surface area contributed by atoms with Crippen LogP contribution in [-0.4, -0.2) is 11.1 Å². The summed E-state index contributed by atoms with van der Waals surface area (Å²) in [6, 6.07) is 1.87. The smallest absolute Gasteiger partial charge is 0.132 e. The van der Waals surface area contributed by atoms with Crippen LogP contribution in [0.15, 0.2) is 18.8 Å². The van der Waals surface area contributed by atoms with Gasteiger partial charge in [-0.1, -0.05) is 6.58 Å². The average molecular weight is 192 g/mol. The minimum absolute atomic E-state index is 0.120. The predicted octanol–water partition coefficient (Wildman–Crippen LogP) is 2.11. The first-order valence-electron chi connectivity index (χ1n) is 4.58. The number of hydrogen-bond acceptors (Lipinski definition) is 3. The summed E-state index contributed by atoms with van der Waals surface area (Å²) in [4.78, 5) is 4.15. The highest BCUT2D eigenvalue weighted by Crippen LogP contribution is 2.23. The van der Waals surface area contributed by atoms with Crippen molar-refractivity contribution in [2.24, 2.45) is 5.73 Å². The topological polar surface area (TPSA) is 48.1 Å². The summed E-state index contributed by atoms with van der Waals surface area (Å²) in [6.45, 7) is 9.54. The van der Waals surface area contributed by atoms with Crippen LogP contribution in [-0.2, 0) is 0 Å². The highest BCUT2D eigenvalue weighted by molar-refractivity contribution is 5.65. The monoisotopic (exact) mass is 192 g/mol. The second-order valence-electron chi connectivity index (χ2n) is 3.51. The van der Waals surface area contributed by atoms with E-state index in [9.17, 15) is 0 Å². The van der Waals surface area contributed by atoms with Gasteiger partial charge in [-0.2, -0.15) is 0 Å². The lowest BCUT2D eigenvalue weighted by atomic mass is 10.2. The van der Waals surface area contributed by atoms with Crippen molar-refractivity contribution < 1.29 is 4.74 Å². The van der Waals surface area contributed by atoms with Gasteiger partial charge in [-0.3, -0.25) is 4.98 Å². The summed E-state index contributed by atoms with van der Waals surface area (Å²) >= 11 is 0. The molecule has 3 nitrogen and oxygen atoms in total. The Morgan fingerprint density at radius 3 is 2.71 bits per heavy atom. The van der Waals surface area contributed by atoms with E-state index < -0.39 is 0 Å². The molecule has 0 aliphatic rings. The van der Waals surface area contributed by atoms with Crippen LogP contribution in [0.5, 0.6) is 5.75 Å². The molecule has 0 spiro atoms. The summed E-state index contributed by atoms with van der Waals surface area (Å²) in [5.41, 5.74) is 7.78. The Kier molecular flexibility index (Phi) is 3.12. The van der Waals surface area contributed by atoms with Crippen LogP contribution in [0.3, 0.4) is 0 Å². The summed E-state index contributed by atoms with van der Waals surface area (Å²) in [5.74, 6) is 0.750. The number of hydrogen-bond donors (Lipinski definition) is 1. The average Bonchev–Trinajstić information content (AvgIpc) is 2.01. The zero-order chi connectivity index (χ0) is 10.7. The van der Waals surface area contributed by atoms with Crippen LogP contribution in [0.4, 0.5) is 0 Å². The molecule has 2 N–H and O–H groups in total. The molecule has 0 aliphatic heterocycles. The first-order valence-corrected chi connectivity index (χ1v) is 4.58. The minimum Gasteiger partial charge on any atom is -0.490 e. The molecule has 14 heavy (non-hydrogen) atoms. The standard InChI is InChI=1S/C11H16N2O/c1-7(2)14-11-5-8(3)13-6-10(11)9(4)12/h5-7H,4,12H2,1-3H3. The van der Waals surface area contributed by atoms with E-state index in [2.05, 4.69) is 11.6 Å². The summed E-state index contributed by atoms with van der Waals surface area (Å²) in [5, 5.41) is 0. The Balaban J connectivity index is 3.09. The molecule has 0 atom stereocenters. The highest BCUT2D eigenvalue weighted by atomic mass is 16.5. The van der Waals surface area contributed by atoms with Crippen LogP contribution in [0.1, 0.15) is 25.1 Å². The maximum Gasteiger partial charge on any atom is 0.132 e. The molecule has 1 aromatic rings. The third-order valence-electron chi connectivity index (χ3n) is 1.71. The normalized spacial score (nSPS) is 10.3. The number of pyridine rings is 1. The van der Waals surface area contributed by atoms with Gasteiger partial charge in [0.25, 0.3) is 0 Å². The molecular weight excluding hydrogens is 176 g/mol. The Morgan fingerprint density at radius 2 is 2.21 bits per heavy atom. The lowest BCUT2D eigenvalue weighted by Crippen LogP contribution is -2.09. The lowest BCUT2D eigenvalue weighted by molar-refractivity contribution is 0.241.